The second kappa shape index (κ2) is 15.1. The molecule has 160 valence electrons. The topological polar surface area (TPSA) is 45.5 Å². The van der Waals surface area contributed by atoms with Gasteiger partial charge in [0.1, 0.15) is 5.82 Å². The van der Waals surface area contributed by atoms with E-state index in [1.807, 2.05) is 24.5 Å². The SMILES string of the molecule is C=CCCCCCN(C)C(=NCCc1nccn1Cc1ccccc1)NCC.I. The van der Waals surface area contributed by atoms with Gasteiger partial charge in [0.2, 0.25) is 0 Å². The van der Waals surface area contributed by atoms with Crippen molar-refractivity contribution in [2.75, 3.05) is 26.7 Å². The van der Waals surface area contributed by atoms with Crippen LogP contribution in [-0.2, 0) is 13.0 Å². The highest BCUT2D eigenvalue weighted by atomic mass is 127. The molecule has 0 unspecified atom stereocenters. The summed E-state index contributed by atoms with van der Waals surface area (Å²) in [5.41, 5.74) is 1.29. The van der Waals surface area contributed by atoms with Crippen LogP contribution in [-0.4, -0.2) is 47.1 Å². The Hall–Kier alpha value is -1.83. The number of hydrogen-bond acceptors (Lipinski definition) is 2. The quantitative estimate of drug-likeness (QED) is 0.148. The van der Waals surface area contributed by atoms with Crippen LogP contribution < -0.4 is 5.32 Å². The van der Waals surface area contributed by atoms with E-state index in [4.69, 9.17) is 4.99 Å². The number of unbranched alkanes of at least 4 members (excludes halogenated alkanes) is 3. The van der Waals surface area contributed by atoms with Crippen LogP contribution in [0.1, 0.15) is 44.0 Å². The van der Waals surface area contributed by atoms with Gasteiger partial charge in [-0.05, 0) is 31.7 Å². The lowest BCUT2D eigenvalue weighted by atomic mass is 10.2. The Kier molecular flexibility index (Phi) is 13.1. The first-order chi connectivity index (χ1) is 13.7. The summed E-state index contributed by atoms with van der Waals surface area (Å²) < 4.78 is 2.21. The molecule has 0 bridgehead atoms. The van der Waals surface area contributed by atoms with Crippen molar-refractivity contribution in [3.63, 3.8) is 0 Å². The number of guanidine groups is 1. The molecule has 5 nitrogen and oxygen atoms in total. The molecule has 0 spiro atoms. The number of allylic oxidation sites excluding steroid dienone is 1. The Morgan fingerprint density at radius 1 is 1.24 bits per heavy atom. The molecular weight excluding hydrogens is 473 g/mol. The van der Waals surface area contributed by atoms with Crippen molar-refractivity contribution in [2.45, 2.75) is 45.6 Å². The van der Waals surface area contributed by atoms with Gasteiger partial charge in [0, 0.05) is 52.0 Å². The Morgan fingerprint density at radius 2 is 2.03 bits per heavy atom. The molecule has 29 heavy (non-hydrogen) atoms. The van der Waals surface area contributed by atoms with Gasteiger partial charge < -0.3 is 14.8 Å². The standard InChI is InChI=1S/C23H35N5.HI/c1-4-6-7-8-12-18-27(3)23(24-5-2)26-16-15-22-25-17-19-28(22)20-21-13-10-9-11-14-21;/h4,9-11,13-14,17,19H,1,5-8,12,15-16,18,20H2,2-3H3,(H,24,26);1H. The fourth-order valence-electron chi connectivity index (χ4n) is 3.14. The summed E-state index contributed by atoms with van der Waals surface area (Å²) in [7, 11) is 2.12. The van der Waals surface area contributed by atoms with Gasteiger partial charge in [-0.2, -0.15) is 0 Å². The first-order valence-corrected chi connectivity index (χ1v) is 10.4. The monoisotopic (exact) mass is 509 g/mol. The zero-order chi connectivity index (χ0) is 20.0. The van der Waals surface area contributed by atoms with Crippen molar-refractivity contribution in [3.05, 3.63) is 66.8 Å². The predicted octanol–water partition coefficient (Wildman–Crippen LogP) is 4.74. The molecule has 0 radical (unpaired) electrons. The van der Waals surface area contributed by atoms with Gasteiger partial charge in [-0.15, -0.1) is 30.6 Å². The molecule has 0 atom stereocenters. The third-order valence-corrected chi connectivity index (χ3v) is 4.69. The van der Waals surface area contributed by atoms with E-state index in [0.717, 1.165) is 50.8 Å². The van der Waals surface area contributed by atoms with Crippen LogP contribution in [0.5, 0.6) is 0 Å². The highest BCUT2D eigenvalue weighted by Gasteiger charge is 2.07. The van der Waals surface area contributed by atoms with E-state index in [9.17, 15) is 0 Å². The van der Waals surface area contributed by atoms with Gasteiger partial charge in [0.15, 0.2) is 5.96 Å². The van der Waals surface area contributed by atoms with Crippen LogP contribution in [0.2, 0.25) is 0 Å². The maximum Gasteiger partial charge on any atom is 0.193 e. The fraction of sp³-hybridized carbons (Fsp3) is 0.478. The van der Waals surface area contributed by atoms with Crippen molar-refractivity contribution in [3.8, 4) is 0 Å². The maximum atomic E-state index is 4.81. The zero-order valence-corrected chi connectivity index (χ0v) is 20.2. The number of hydrogen-bond donors (Lipinski definition) is 1. The molecule has 6 heteroatoms. The second-order valence-corrected chi connectivity index (χ2v) is 7.00. The number of aromatic nitrogens is 2. The molecule has 1 aromatic heterocycles. The van der Waals surface area contributed by atoms with E-state index in [1.54, 1.807) is 0 Å². The molecule has 0 aliphatic heterocycles. The molecular formula is C23H36IN5. The van der Waals surface area contributed by atoms with Crippen molar-refractivity contribution >= 4 is 29.9 Å². The number of nitrogens with zero attached hydrogens (tertiary/aromatic N) is 4. The van der Waals surface area contributed by atoms with Crippen molar-refractivity contribution < 1.29 is 0 Å². The number of halogens is 1. The van der Waals surface area contributed by atoms with E-state index in [-0.39, 0.29) is 24.0 Å². The lowest BCUT2D eigenvalue weighted by Gasteiger charge is -2.22. The van der Waals surface area contributed by atoms with E-state index in [0.29, 0.717) is 0 Å². The first kappa shape index (κ1) is 25.2. The normalized spacial score (nSPS) is 11.0. The van der Waals surface area contributed by atoms with E-state index in [1.165, 1.54) is 24.8 Å². The average Bonchev–Trinajstić information content (AvgIpc) is 3.14. The molecule has 0 aliphatic carbocycles. The maximum absolute atomic E-state index is 4.81. The summed E-state index contributed by atoms with van der Waals surface area (Å²) >= 11 is 0. The number of benzene rings is 1. The highest BCUT2D eigenvalue weighted by molar-refractivity contribution is 14.0. The average molecular weight is 509 g/mol. The van der Waals surface area contributed by atoms with Gasteiger partial charge in [-0.3, -0.25) is 4.99 Å². The lowest BCUT2D eigenvalue weighted by molar-refractivity contribution is 0.455. The summed E-state index contributed by atoms with van der Waals surface area (Å²) in [6, 6.07) is 10.5. The number of imidazole rings is 1. The minimum atomic E-state index is 0. The molecule has 2 rings (SSSR count). The summed E-state index contributed by atoms with van der Waals surface area (Å²) in [6.45, 7) is 9.37. The fourth-order valence-corrected chi connectivity index (χ4v) is 3.14. The van der Waals surface area contributed by atoms with Gasteiger partial charge in [0.25, 0.3) is 0 Å². The second-order valence-electron chi connectivity index (χ2n) is 7.00. The Bertz CT molecular complexity index is 711. The van der Waals surface area contributed by atoms with Crippen molar-refractivity contribution in [1.29, 1.82) is 0 Å². The first-order valence-electron chi connectivity index (χ1n) is 10.4. The smallest absolute Gasteiger partial charge is 0.193 e. The zero-order valence-electron chi connectivity index (χ0n) is 17.9. The summed E-state index contributed by atoms with van der Waals surface area (Å²) in [4.78, 5) is 11.6. The number of aliphatic imine (C=N–C) groups is 1. The summed E-state index contributed by atoms with van der Waals surface area (Å²) in [5.74, 6) is 2.06. The van der Waals surface area contributed by atoms with Gasteiger partial charge in [-0.25, -0.2) is 4.98 Å². The Morgan fingerprint density at radius 3 is 2.76 bits per heavy atom. The van der Waals surface area contributed by atoms with Crippen LogP contribution >= 0.6 is 24.0 Å². The van der Waals surface area contributed by atoms with Crippen LogP contribution in [0.25, 0.3) is 0 Å². The van der Waals surface area contributed by atoms with E-state index >= 15 is 0 Å². The molecule has 1 N–H and O–H groups in total. The molecule has 0 amide bonds. The highest BCUT2D eigenvalue weighted by Crippen LogP contribution is 2.07. The molecule has 0 saturated carbocycles. The molecule has 0 aliphatic rings. The predicted molar refractivity (Wildman–Crippen MR) is 134 cm³/mol. The van der Waals surface area contributed by atoms with Crippen LogP contribution in [0.3, 0.4) is 0 Å². The molecule has 0 fully saturated rings. The third-order valence-electron chi connectivity index (χ3n) is 4.69. The third kappa shape index (κ3) is 9.47. The summed E-state index contributed by atoms with van der Waals surface area (Å²) in [6.07, 6.45) is 11.5. The van der Waals surface area contributed by atoms with Gasteiger partial charge in [-0.1, -0.05) is 42.8 Å². The van der Waals surface area contributed by atoms with Crippen molar-refractivity contribution in [2.24, 2.45) is 4.99 Å². The summed E-state index contributed by atoms with van der Waals surface area (Å²) in [5, 5.41) is 3.40. The van der Waals surface area contributed by atoms with Gasteiger partial charge >= 0.3 is 0 Å². The van der Waals surface area contributed by atoms with Gasteiger partial charge in [0.05, 0.1) is 0 Å². The number of rotatable bonds is 12. The molecule has 1 aromatic carbocycles. The minimum absolute atomic E-state index is 0. The van der Waals surface area contributed by atoms with Crippen LogP contribution in [0, 0.1) is 0 Å². The van der Waals surface area contributed by atoms with E-state index < -0.39 is 0 Å². The molecule has 0 saturated heterocycles. The van der Waals surface area contributed by atoms with Crippen LogP contribution in [0.4, 0.5) is 0 Å². The Balaban J connectivity index is 0.00000420. The minimum Gasteiger partial charge on any atom is -0.357 e. The molecule has 1 heterocycles. The number of nitrogens with one attached hydrogen (secondary N) is 1. The lowest BCUT2D eigenvalue weighted by Crippen LogP contribution is -2.39. The van der Waals surface area contributed by atoms with Crippen LogP contribution in [0.15, 0.2) is 60.4 Å². The Labute approximate surface area is 193 Å². The van der Waals surface area contributed by atoms with Crippen molar-refractivity contribution in [1.82, 2.24) is 19.8 Å². The molecule has 2 aromatic rings. The van der Waals surface area contributed by atoms with E-state index in [2.05, 4.69) is 64.6 Å². The largest absolute Gasteiger partial charge is 0.357 e.